The lowest BCUT2D eigenvalue weighted by molar-refractivity contribution is -0.140. The van der Waals surface area contributed by atoms with Gasteiger partial charge in [0.15, 0.2) is 0 Å². The molecule has 3 heterocycles. The fourth-order valence-electron chi connectivity index (χ4n) is 7.98. The van der Waals surface area contributed by atoms with Crippen LogP contribution in [0.15, 0.2) is 54.6 Å². The molecule has 2 aromatic rings. The van der Waals surface area contributed by atoms with Gasteiger partial charge in [-0.15, -0.1) is 0 Å². The van der Waals surface area contributed by atoms with Crippen LogP contribution in [0.5, 0.6) is 0 Å². The molecule has 2 aromatic carbocycles. The van der Waals surface area contributed by atoms with Gasteiger partial charge in [-0.2, -0.15) is 0 Å². The van der Waals surface area contributed by atoms with Crippen molar-refractivity contribution in [3.05, 3.63) is 71.6 Å². The Morgan fingerprint density at radius 3 is 2.47 bits per heavy atom. The molecule has 4 N–H and O–H groups in total. The molecule has 0 aromatic heterocycles. The molecule has 17 heteroatoms. The predicted molar refractivity (Wildman–Crippen MR) is 216 cm³/mol. The van der Waals surface area contributed by atoms with Gasteiger partial charge in [0, 0.05) is 35.8 Å². The number of sulfonamides is 1. The molecule has 3 aliphatic heterocycles. The number of anilines is 2. The lowest BCUT2D eigenvalue weighted by atomic mass is 10.0. The lowest BCUT2D eigenvalue weighted by Gasteiger charge is -2.30. The number of rotatable bonds is 7. The smallest absolute Gasteiger partial charge is 0.412 e. The number of nitrogens with one attached hydrogen (secondary N) is 4. The van der Waals surface area contributed by atoms with Crippen LogP contribution < -0.4 is 20.7 Å². The van der Waals surface area contributed by atoms with Gasteiger partial charge >= 0.3 is 12.2 Å². The SMILES string of the molecule is CC(C)(C)OC(=O)Nc1cccc(N[C@H]2CCCCC/C=C\[C@H]3C[C@@]3(C(=O)NS(=O)(=O)C3(C)CC3)NC(=O)[C@@H]3C[C@@H](OC(=O)N4Cc5cccc(F)c5C4)CN3C2=O)c1. The Morgan fingerprint density at radius 2 is 1.75 bits per heavy atom. The molecule has 2 aliphatic carbocycles. The van der Waals surface area contributed by atoms with Crippen molar-refractivity contribution in [2.24, 2.45) is 5.92 Å². The summed E-state index contributed by atoms with van der Waals surface area (Å²) in [6, 6.07) is 9.38. The van der Waals surface area contributed by atoms with Crippen molar-refractivity contribution < 1.29 is 46.3 Å². The van der Waals surface area contributed by atoms with E-state index in [4.69, 9.17) is 9.47 Å². The molecule has 2 saturated carbocycles. The first-order chi connectivity index (χ1) is 27.9. The van der Waals surface area contributed by atoms with Crippen molar-refractivity contribution in [2.75, 3.05) is 17.2 Å². The highest BCUT2D eigenvalue weighted by molar-refractivity contribution is 7.91. The van der Waals surface area contributed by atoms with Gasteiger partial charge in [-0.05, 0) is 96.0 Å². The van der Waals surface area contributed by atoms with Crippen molar-refractivity contribution in [3.8, 4) is 0 Å². The molecule has 7 rings (SSSR count). The van der Waals surface area contributed by atoms with E-state index in [0.717, 1.165) is 12.8 Å². The first-order valence-electron chi connectivity index (χ1n) is 20.3. The minimum atomic E-state index is -4.03. The van der Waals surface area contributed by atoms with Crippen molar-refractivity contribution in [1.82, 2.24) is 19.8 Å². The Hall–Kier alpha value is -5.19. The summed E-state index contributed by atoms with van der Waals surface area (Å²) >= 11 is 0. The van der Waals surface area contributed by atoms with Crippen LogP contribution in [0.25, 0.3) is 0 Å². The van der Waals surface area contributed by atoms with Gasteiger partial charge in [0.2, 0.25) is 21.8 Å². The van der Waals surface area contributed by atoms with Crippen molar-refractivity contribution in [2.45, 2.75) is 133 Å². The van der Waals surface area contributed by atoms with Crippen LogP contribution in [0.4, 0.5) is 25.4 Å². The molecular formula is C42H53FN6O9S. The number of hydrogen-bond acceptors (Lipinski definition) is 10. The van der Waals surface area contributed by atoms with Gasteiger partial charge in [-0.1, -0.05) is 43.2 Å². The van der Waals surface area contributed by atoms with E-state index in [0.29, 0.717) is 54.6 Å². The first-order valence-corrected chi connectivity index (χ1v) is 21.8. The zero-order valence-electron chi connectivity index (χ0n) is 33.8. The van der Waals surface area contributed by atoms with Gasteiger partial charge in [-0.25, -0.2) is 22.4 Å². The molecule has 0 unspecified atom stereocenters. The summed E-state index contributed by atoms with van der Waals surface area (Å²) in [5.41, 5.74) is -0.291. The summed E-state index contributed by atoms with van der Waals surface area (Å²) in [4.78, 5) is 71.8. The molecule has 0 radical (unpaired) electrons. The third-order valence-electron chi connectivity index (χ3n) is 11.8. The zero-order valence-corrected chi connectivity index (χ0v) is 34.7. The molecule has 59 heavy (non-hydrogen) atoms. The topological polar surface area (TPSA) is 193 Å². The van der Waals surface area contributed by atoms with E-state index >= 15 is 0 Å². The lowest BCUT2D eigenvalue weighted by Crippen LogP contribution is -2.58. The number of ether oxygens (including phenoxy) is 2. The highest BCUT2D eigenvalue weighted by Crippen LogP contribution is 2.47. The van der Waals surface area contributed by atoms with Crippen LogP contribution in [0.1, 0.15) is 96.6 Å². The second-order valence-corrected chi connectivity index (χ2v) is 19.8. The quantitative estimate of drug-likeness (QED) is 0.260. The maximum atomic E-state index is 14.7. The Labute approximate surface area is 343 Å². The Bertz CT molecular complexity index is 2150. The number of nitrogens with zero attached hydrogens (tertiary/aromatic N) is 2. The number of halogens is 1. The van der Waals surface area contributed by atoms with E-state index in [-0.39, 0.29) is 32.5 Å². The number of carbonyl (C=O) groups is 5. The molecule has 0 spiro atoms. The number of carbonyl (C=O) groups excluding carboxylic acids is 5. The monoisotopic (exact) mass is 836 g/mol. The number of benzene rings is 2. The van der Waals surface area contributed by atoms with Crippen molar-refractivity contribution >= 4 is 51.3 Å². The molecule has 5 atom stereocenters. The Kier molecular flexibility index (Phi) is 11.5. The van der Waals surface area contributed by atoms with Crippen LogP contribution in [0.2, 0.25) is 0 Å². The summed E-state index contributed by atoms with van der Waals surface area (Å²) in [5.74, 6) is -2.89. The summed E-state index contributed by atoms with van der Waals surface area (Å²) in [6.07, 6.45) is 5.61. The largest absolute Gasteiger partial charge is 0.444 e. The summed E-state index contributed by atoms with van der Waals surface area (Å²) in [7, 11) is -4.03. The first kappa shape index (κ1) is 42.0. The molecule has 5 aliphatic rings. The second kappa shape index (κ2) is 16.1. The molecule has 5 amide bonds. The molecule has 0 bridgehead atoms. The van der Waals surface area contributed by atoms with Gasteiger partial charge in [0.1, 0.15) is 35.1 Å². The fourth-order valence-corrected chi connectivity index (χ4v) is 9.30. The van der Waals surface area contributed by atoms with E-state index in [1.807, 2.05) is 12.2 Å². The minimum Gasteiger partial charge on any atom is -0.444 e. The number of hydrogen-bond donors (Lipinski definition) is 4. The molecule has 15 nitrogen and oxygen atoms in total. The standard InChI is InChI=1S/C42H53FN6O9S/c1-40(2,3)58-38(53)45-29-15-11-14-28(20-29)44-33-17-9-7-5-6-8-13-27-22-42(27,37(52)47-59(55,56)41(4)18-19-41)46-35(50)34-21-30(24-49(34)36(33)51)57-39(54)48-23-26-12-10-16-32(43)31(26)25-48/h8,10-16,20,27,30,33-34,44H,5-7,9,17-19,21-25H2,1-4H3,(H,45,53)(H,46,50)(H,47,52)/b13-8-/t27-,30+,33-,34-,42+/m0/s1. The number of allylic oxidation sites excluding steroid dienone is 1. The van der Waals surface area contributed by atoms with Crippen LogP contribution in [-0.4, -0.2) is 88.7 Å². The summed E-state index contributed by atoms with van der Waals surface area (Å²) < 4.78 is 53.4. The number of amides is 5. The maximum absolute atomic E-state index is 14.7. The molecule has 3 fully saturated rings. The van der Waals surface area contributed by atoms with E-state index in [9.17, 15) is 36.8 Å². The van der Waals surface area contributed by atoms with E-state index < -0.39 is 85.7 Å². The maximum Gasteiger partial charge on any atom is 0.412 e. The highest BCUT2D eigenvalue weighted by atomic mass is 32.2. The molecule has 1 saturated heterocycles. The Morgan fingerprint density at radius 1 is 1.00 bits per heavy atom. The zero-order chi connectivity index (χ0) is 42.3. The third kappa shape index (κ3) is 9.34. The fraction of sp³-hybridized carbons (Fsp3) is 0.548. The average Bonchev–Trinajstić information content (AvgIpc) is 3.95. The predicted octanol–water partition coefficient (Wildman–Crippen LogP) is 5.47. The normalized spacial score (nSPS) is 27.1. The molecular weight excluding hydrogens is 784 g/mol. The minimum absolute atomic E-state index is 0.00243. The van der Waals surface area contributed by atoms with Gasteiger partial charge in [-0.3, -0.25) is 29.3 Å². The van der Waals surface area contributed by atoms with E-state index in [2.05, 4.69) is 20.7 Å². The van der Waals surface area contributed by atoms with Gasteiger partial charge in [0.05, 0.1) is 17.8 Å². The third-order valence-corrected chi connectivity index (χ3v) is 13.9. The van der Waals surface area contributed by atoms with Crippen LogP contribution in [-0.2, 0) is 47.0 Å². The van der Waals surface area contributed by atoms with Crippen LogP contribution >= 0.6 is 0 Å². The van der Waals surface area contributed by atoms with Crippen molar-refractivity contribution in [1.29, 1.82) is 0 Å². The van der Waals surface area contributed by atoms with Gasteiger partial charge in [0.25, 0.3) is 5.91 Å². The second-order valence-electron chi connectivity index (χ2n) is 17.6. The highest BCUT2D eigenvalue weighted by Gasteiger charge is 2.63. The summed E-state index contributed by atoms with van der Waals surface area (Å²) in [6.45, 7) is 6.81. The summed E-state index contributed by atoms with van der Waals surface area (Å²) in [5, 5.41) is 8.86. The average molecular weight is 837 g/mol. The van der Waals surface area contributed by atoms with Crippen molar-refractivity contribution in [3.63, 3.8) is 0 Å². The van der Waals surface area contributed by atoms with E-state index in [1.165, 1.54) is 15.9 Å². The van der Waals surface area contributed by atoms with E-state index in [1.54, 1.807) is 64.1 Å². The van der Waals surface area contributed by atoms with Gasteiger partial charge < -0.3 is 25.0 Å². The van der Waals surface area contributed by atoms with Crippen LogP contribution in [0.3, 0.4) is 0 Å². The molecule has 318 valence electrons. The number of fused-ring (bicyclic) bond motifs is 3. The Balaban J connectivity index is 1.14. The van der Waals surface area contributed by atoms with Crippen LogP contribution in [0, 0.1) is 11.7 Å².